The number of hydrogen-bond acceptors (Lipinski definition) is 5. The number of ether oxygens (including phenoxy) is 1. The zero-order valence-electron chi connectivity index (χ0n) is 21.8. The summed E-state index contributed by atoms with van der Waals surface area (Å²) >= 11 is 0. The predicted molar refractivity (Wildman–Crippen MR) is 152 cm³/mol. The lowest BCUT2D eigenvalue weighted by molar-refractivity contribution is -0.123. The highest BCUT2D eigenvalue weighted by atomic mass is 16.5. The van der Waals surface area contributed by atoms with Gasteiger partial charge in [0.05, 0.1) is 29.7 Å². The highest BCUT2D eigenvalue weighted by Crippen LogP contribution is 2.23. The molecule has 0 aliphatic heterocycles. The molecule has 0 bridgehead atoms. The molecule has 4 aromatic carbocycles. The van der Waals surface area contributed by atoms with Gasteiger partial charge in [-0.25, -0.2) is 0 Å². The van der Waals surface area contributed by atoms with Gasteiger partial charge in [-0.05, 0) is 67.1 Å². The van der Waals surface area contributed by atoms with Crippen LogP contribution in [0, 0.1) is 0 Å². The van der Waals surface area contributed by atoms with Crippen LogP contribution in [0.4, 0.5) is 17.1 Å². The number of nitrogens with zero attached hydrogens (tertiary/aromatic N) is 1. The van der Waals surface area contributed by atoms with Crippen LogP contribution >= 0.6 is 0 Å². The Morgan fingerprint density at radius 1 is 0.744 bits per heavy atom. The minimum Gasteiger partial charge on any atom is -0.497 e. The van der Waals surface area contributed by atoms with Crippen LogP contribution in [0.5, 0.6) is 5.75 Å². The van der Waals surface area contributed by atoms with E-state index in [4.69, 9.17) is 4.74 Å². The summed E-state index contributed by atoms with van der Waals surface area (Å²) in [6.45, 7) is 1.82. The Labute approximate surface area is 227 Å². The largest absolute Gasteiger partial charge is 0.497 e. The maximum absolute atomic E-state index is 13.4. The third-order valence-electron chi connectivity index (χ3n) is 6.05. The highest BCUT2D eigenvalue weighted by Gasteiger charge is 2.24. The molecule has 4 aromatic rings. The van der Waals surface area contributed by atoms with Crippen LogP contribution in [0.2, 0.25) is 0 Å². The number of anilines is 3. The number of methoxy groups -OCH3 is 1. The monoisotopic (exact) mass is 522 g/mol. The average molecular weight is 523 g/mol. The average Bonchev–Trinajstić information content (AvgIpc) is 2.99. The maximum Gasteiger partial charge on any atom is 0.261 e. The van der Waals surface area contributed by atoms with Gasteiger partial charge < -0.3 is 15.4 Å². The lowest BCUT2D eigenvalue weighted by Gasteiger charge is -2.28. The SMILES string of the molecule is CC[C@H](NC(=O)c1ccccc1NC(=O)c1ccc(OC)cc1)C(=O)NN(c1ccccc1)c1ccccc1. The van der Waals surface area contributed by atoms with E-state index in [1.807, 2.05) is 67.6 Å². The molecule has 3 amide bonds. The van der Waals surface area contributed by atoms with Gasteiger partial charge in [-0.15, -0.1) is 0 Å². The summed E-state index contributed by atoms with van der Waals surface area (Å²) in [6, 6.07) is 31.4. The molecule has 198 valence electrons. The van der Waals surface area contributed by atoms with E-state index < -0.39 is 11.9 Å². The van der Waals surface area contributed by atoms with E-state index in [1.165, 1.54) is 0 Å². The molecule has 0 saturated heterocycles. The molecule has 0 fully saturated rings. The summed E-state index contributed by atoms with van der Waals surface area (Å²) in [5.74, 6) is -0.593. The molecule has 0 saturated carbocycles. The second kappa shape index (κ2) is 12.9. The van der Waals surface area contributed by atoms with Gasteiger partial charge in [0.15, 0.2) is 0 Å². The van der Waals surface area contributed by atoms with Crippen molar-refractivity contribution in [3.8, 4) is 5.75 Å². The number of carbonyl (C=O) groups is 3. The fourth-order valence-corrected chi connectivity index (χ4v) is 3.94. The van der Waals surface area contributed by atoms with E-state index in [1.54, 1.807) is 60.6 Å². The molecule has 0 unspecified atom stereocenters. The number of benzene rings is 4. The molecule has 0 aliphatic carbocycles. The standard InChI is InChI=1S/C31H30N4O4/c1-3-27(31(38)34-35(23-12-6-4-7-13-23)24-14-8-5-9-15-24)32-30(37)26-16-10-11-17-28(26)33-29(36)22-18-20-25(39-2)21-19-22/h4-21,27H,3H2,1-2H3,(H,32,37)(H,33,36)(H,34,38)/t27-/m0/s1. The number of carbonyl (C=O) groups excluding carboxylic acids is 3. The summed E-state index contributed by atoms with van der Waals surface area (Å²) in [4.78, 5) is 39.5. The fraction of sp³-hybridized carbons (Fsp3) is 0.129. The Hall–Kier alpha value is -5.11. The molecule has 8 nitrogen and oxygen atoms in total. The van der Waals surface area contributed by atoms with Gasteiger partial charge in [0.1, 0.15) is 11.8 Å². The first kappa shape index (κ1) is 26.9. The molecular formula is C31H30N4O4. The lowest BCUT2D eigenvalue weighted by Crippen LogP contribution is -2.51. The highest BCUT2D eigenvalue weighted by molar-refractivity contribution is 6.09. The smallest absolute Gasteiger partial charge is 0.261 e. The van der Waals surface area contributed by atoms with Crippen molar-refractivity contribution >= 4 is 34.8 Å². The van der Waals surface area contributed by atoms with Crippen LogP contribution < -0.4 is 25.8 Å². The van der Waals surface area contributed by atoms with Crippen molar-refractivity contribution in [1.82, 2.24) is 10.7 Å². The van der Waals surface area contributed by atoms with Crippen LogP contribution in [-0.2, 0) is 4.79 Å². The van der Waals surface area contributed by atoms with Crippen molar-refractivity contribution in [2.75, 3.05) is 17.4 Å². The van der Waals surface area contributed by atoms with Crippen LogP contribution in [0.15, 0.2) is 109 Å². The summed E-state index contributed by atoms with van der Waals surface area (Å²) < 4.78 is 5.14. The molecule has 0 aromatic heterocycles. The van der Waals surface area contributed by atoms with Gasteiger partial charge in [-0.1, -0.05) is 55.5 Å². The minimum absolute atomic E-state index is 0.244. The second-order valence-electron chi connectivity index (χ2n) is 8.65. The molecule has 39 heavy (non-hydrogen) atoms. The van der Waals surface area contributed by atoms with Gasteiger partial charge in [0.2, 0.25) is 0 Å². The van der Waals surface area contributed by atoms with E-state index in [2.05, 4.69) is 16.1 Å². The van der Waals surface area contributed by atoms with Gasteiger partial charge >= 0.3 is 0 Å². The van der Waals surface area contributed by atoms with Crippen molar-refractivity contribution in [3.05, 3.63) is 120 Å². The third-order valence-corrected chi connectivity index (χ3v) is 6.05. The Balaban J connectivity index is 1.49. The van der Waals surface area contributed by atoms with Gasteiger partial charge in [-0.3, -0.25) is 24.8 Å². The Morgan fingerprint density at radius 3 is 1.87 bits per heavy atom. The number of para-hydroxylation sites is 3. The number of nitrogens with one attached hydrogen (secondary N) is 3. The van der Waals surface area contributed by atoms with Gasteiger partial charge in [0.25, 0.3) is 17.7 Å². The van der Waals surface area contributed by atoms with Crippen molar-refractivity contribution in [2.24, 2.45) is 0 Å². The van der Waals surface area contributed by atoms with E-state index in [-0.39, 0.29) is 17.4 Å². The van der Waals surface area contributed by atoms with E-state index in [9.17, 15) is 14.4 Å². The van der Waals surface area contributed by atoms with E-state index in [0.717, 1.165) is 11.4 Å². The second-order valence-corrected chi connectivity index (χ2v) is 8.65. The quantitative estimate of drug-likeness (QED) is 0.245. The molecular weight excluding hydrogens is 492 g/mol. The van der Waals surface area contributed by atoms with Gasteiger partial charge in [0, 0.05) is 5.56 Å². The molecule has 8 heteroatoms. The van der Waals surface area contributed by atoms with E-state index in [0.29, 0.717) is 23.4 Å². The number of hydrazine groups is 1. The maximum atomic E-state index is 13.4. The third kappa shape index (κ3) is 6.81. The van der Waals surface area contributed by atoms with Crippen molar-refractivity contribution in [3.63, 3.8) is 0 Å². The molecule has 1 atom stereocenters. The fourth-order valence-electron chi connectivity index (χ4n) is 3.94. The minimum atomic E-state index is -0.822. The Morgan fingerprint density at radius 2 is 1.31 bits per heavy atom. The Bertz CT molecular complexity index is 1370. The van der Waals surface area contributed by atoms with Gasteiger partial charge in [-0.2, -0.15) is 0 Å². The number of rotatable bonds is 10. The van der Waals surface area contributed by atoms with E-state index >= 15 is 0 Å². The van der Waals surface area contributed by atoms with Crippen LogP contribution in [0.1, 0.15) is 34.1 Å². The first-order valence-corrected chi connectivity index (χ1v) is 12.6. The molecule has 0 heterocycles. The topological polar surface area (TPSA) is 99.8 Å². The summed E-state index contributed by atoms with van der Waals surface area (Å²) in [7, 11) is 1.55. The van der Waals surface area contributed by atoms with Crippen LogP contribution in [-0.4, -0.2) is 30.9 Å². The first-order valence-electron chi connectivity index (χ1n) is 12.6. The zero-order valence-corrected chi connectivity index (χ0v) is 21.8. The summed E-state index contributed by atoms with van der Waals surface area (Å²) in [5, 5.41) is 7.29. The normalized spacial score (nSPS) is 11.1. The first-order chi connectivity index (χ1) is 19.0. The molecule has 0 radical (unpaired) electrons. The molecule has 0 spiro atoms. The van der Waals surface area contributed by atoms with Crippen LogP contribution in [0.3, 0.4) is 0 Å². The molecule has 4 rings (SSSR count). The summed E-state index contributed by atoms with van der Waals surface area (Å²) in [5.41, 5.74) is 5.47. The number of hydrogen-bond donors (Lipinski definition) is 3. The van der Waals surface area contributed by atoms with Crippen molar-refractivity contribution in [1.29, 1.82) is 0 Å². The number of amides is 3. The Kier molecular flexibility index (Phi) is 8.92. The predicted octanol–water partition coefficient (Wildman–Crippen LogP) is 5.33. The lowest BCUT2D eigenvalue weighted by atomic mass is 10.1. The molecule has 0 aliphatic rings. The van der Waals surface area contributed by atoms with Crippen LogP contribution in [0.25, 0.3) is 0 Å². The molecule has 3 N–H and O–H groups in total. The summed E-state index contributed by atoms with van der Waals surface area (Å²) in [6.07, 6.45) is 0.357. The van der Waals surface area contributed by atoms with Crippen molar-refractivity contribution in [2.45, 2.75) is 19.4 Å². The zero-order chi connectivity index (χ0) is 27.6. The van der Waals surface area contributed by atoms with Crippen molar-refractivity contribution < 1.29 is 19.1 Å².